The van der Waals surface area contributed by atoms with Gasteiger partial charge in [0.1, 0.15) is 0 Å². The lowest BCUT2D eigenvalue weighted by atomic mass is 10.1. The molecule has 2 rings (SSSR count). The van der Waals surface area contributed by atoms with E-state index in [0.717, 1.165) is 17.7 Å². The summed E-state index contributed by atoms with van der Waals surface area (Å²) in [5.74, 6) is 5.15. The average molecular weight is 305 g/mol. The van der Waals surface area contributed by atoms with Gasteiger partial charge < -0.3 is 10.7 Å². The molecule has 21 heavy (non-hydrogen) atoms. The maximum atomic E-state index is 12.3. The maximum Gasteiger partial charge on any atom is 0.253 e. The number of nitrogen functional groups attached to an aromatic ring is 1. The van der Waals surface area contributed by atoms with E-state index in [1.807, 2.05) is 12.1 Å². The molecule has 0 fully saturated rings. The number of aromatic nitrogens is 1. The van der Waals surface area contributed by atoms with E-state index in [1.165, 1.54) is 0 Å². The summed E-state index contributed by atoms with van der Waals surface area (Å²) in [4.78, 5) is 16.6. The van der Waals surface area contributed by atoms with Gasteiger partial charge in [-0.1, -0.05) is 24.6 Å². The first-order valence-corrected chi connectivity index (χ1v) is 7.00. The number of amides is 1. The average Bonchev–Trinajstić information content (AvgIpc) is 2.52. The zero-order valence-electron chi connectivity index (χ0n) is 11.7. The van der Waals surface area contributed by atoms with Gasteiger partial charge in [0.15, 0.2) is 0 Å². The third kappa shape index (κ3) is 3.71. The molecule has 4 N–H and O–H groups in total. The van der Waals surface area contributed by atoms with Crippen LogP contribution in [0.1, 0.15) is 28.5 Å². The molecule has 110 valence electrons. The zero-order chi connectivity index (χ0) is 15.2. The highest BCUT2D eigenvalue weighted by Gasteiger charge is 2.12. The highest BCUT2D eigenvalue weighted by Crippen LogP contribution is 2.20. The maximum absolute atomic E-state index is 12.3. The number of benzene rings is 1. The number of nitrogens with zero attached hydrogens (tertiary/aromatic N) is 1. The third-order valence-corrected chi connectivity index (χ3v) is 3.40. The van der Waals surface area contributed by atoms with Gasteiger partial charge in [0.2, 0.25) is 0 Å². The van der Waals surface area contributed by atoms with Crippen LogP contribution in [-0.4, -0.2) is 10.9 Å². The first-order valence-electron chi connectivity index (χ1n) is 6.62. The highest BCUT2D eigenvalue weighted by atomic mass is 35.5. The quantitative estimate of drug-likeness (QED) is 0.586. The third-order valence-electron chi connectivity index (χ3n) is 3.16. The monoisotopic (exact) mass is 304 g/mol. The molecule has 1 aromatic carbocycles. The first-order chi connectivity index (χ1) is 10.2. The Labute approximate surface area is 128 Å². The number of nitrogens with one attached hydrogen (secondary N) is 2. The topological polar surface area (TPSA) is 80.0 Å². The minimum absolute atomic E-state index is 0.252. The molecular weight excluding hydrogens is 288 g/mol. The number of hydrogen-bond donors (Lipinski definition) is 3. The summed E-state index contributed by atoms with van der Waals surface area (Å²) in [5.41, 5.74) is 5.38. The molecule has 0 saturated carbocycles. The predicted molar refractivity (Wildman–Crippen MR) is 84.0 cm³/mol. The van der Waals surface area contributed by atoms with Gasteiger partial charge in [-0.3, -0.25) is 15.6 Å². The van der Waals surface area contributed by atoms with E-state index in [-0.39, 0.29) is 5.91 Å². The van der Waals surface area contributed by atoms with E-state index in [9.17, 15) is 4.79 Å². The Hall–Kier alpha value is -2.11. The molecule has 5 nitrogen and oxygen atoms in total. The van der Waals surface area contributed by atoms with Crippen molar-refractivity contribution in [3.63, 3.8) is 0 Å². The van der Waals surface area contributed by atoms with Crippen LogP contribution < -0.4 is 16.6 Å². The Morgan fingerprint density at radius 3 is 2.90 bits per heavy atom. The molecule has 0 aliphatic carbocycles. The van der Waals surface area contributed by atoms with Crippen molar-refractivity contribution in [2.24, 2.45) is 5.84 Å². The minimum Gasteiger partial charge on any atom is -0.346 e. The smallest absolute Gasteiger partial charge is 0.253 e. The minimum atomic E-state index is -0.252. The molecule has 6 heteroatoms. The Balaban J connectivity index is 2.13. The van der Waals surface area contributed by atoms with Crippen LogP contribution in [0.3, 0.4) is 0 Å². The molecule has 0 atom stereocenters. The van der Waals surface area contributed by atoms with E-state index in [1.54, 1.807) is 24.4 Å². The van der Waals surface area contributed by atoms with E-state index >= 15 is 0 Å². The normalized spacial score (nSPS) is 10.2. The Morgan fingerprint density at radius 1 is 1.38 bits per heavy atom. The van der Waals surface area contributed by atoms with Crippen molar-refractivity contribution in [1.29, 1.82) is 0 Å². The van der Waals surface area contributed by atoms with E-state index < -0.39 is 0 Å². The summed E-state index contributed by atoms with van der Waals surface area (Å²) in [5, 5.41) is 3.31. The number of hydrogen-bond acceptors (Lipinski definition) is 4. The lowest BCUT2D eigenvalue weighted by molar-refractivity contribution is 0.0951. The van der Waals surface area contributed by atoms with Gasteiger partial charge in [-0.2, -0.15) is 0 Å². The standard InChI is InChI=1S/C15H17ClN4O/c1-2-10-4-3-7-18-14(10)9-19-15(21)12-8-11(16)5-6-13(12)20-17/h3-8,20H,2,9,17H2,1H3,(H,19,21). The van der Waals surface area contributed by atoms with Gasteiger partial charge in [0.25, 0.3) is 5.91 Å². The summed E-state index contributed by atoms with van der Waals surface area (Å²) < 4.78 is 0. The Kier molecular flexibility index (Phi) is 5.14. The van der Waals surface area contributed by atoms with Crippen LogP contribution in [0.2, 0.25) is 5.02 Å². The number of aryl methyl sites for hydroxylation is 1. The van der Waals surface area contributed by atoms with E-state index in [0.29, 0.717) is 22.8 Å². The molecule has 2 aromatic rings. The van der Waals surface area contributed by atoms with Crippen LogP contribution >= 0.6 is 11.6 Å². The summed E-state index contributed by atoms with van der Waals surface area (Å²) in [7, 11) is 0. The number of carbonyl (C=O) groups excluding carboxylic acids is 1. The largest absolute Gasteiger partial charge is 0.346 e. The Morgan fingerprint density at radius 2 is 2.19 bits per heavy atom. The fourth-order valence-corrected chi connectivity index (χ4v) is 2.21. The molecule has 0 aliphatic rings. The molecule has 1 heterocycles. The SMILES string of the molecule is CCc1cccnc1CNC(=O)c1cc(Cl)ccc1NN. The first kappa shape index (κ1) is 15.3. The van der Waals surface area contributed by atoms with Crippen molar-refractivity contribution in [3.8, 4) is 0 Å². The van der Waals surface area contributed by atoms with E-state index in [4.69, 9.17) is 17.4 Å². The van der Waals surface area contributed by atoms with Gasteiger partial charge in [-0.25, -0.2) is 0 Å². The van der Waals surface area contributed by atoms with Gasteiger partial charge in [0.05, 0.1) is 23.5 Å². The Bertz CT molecular complexity index is 645. The van der Waals surface area contributed by atoms with Crippen LogP contribution in [-0.2, 0) is 13.0 Å². The molecule has 0 aliphatic heterocycles. The molecule has 0 spiro atoms. The van der Waals surface area contributed by atoms with Crippen molar-refractivity contribution >= 4 is 23.2 Å². The predicted octanol–water partition coefficient (Wildman–Crippen LogP) is 2.51. The van der Waals surface area contributed by atoms with Crippen molar-refractivity contribution < 1.29 is 4.79 Å². The second kappa shape index (κ2) is 7.06. The van der Waals surface area contributed by atoms with Crippen LogP contribution in [0.4, 0.5) is 5.69 Å². The van der Waals surface area contributed by atoms with E-state index in [2.05, 4.69) is 22.7 Å². The lowest BCUT2D eigenvalue weighted by Crippen LogP contribution is -2.25. The molecule has 0 saturated heterocycles. The lowest BCUT2D eigenvalue weighted by Gasteiger charge is -2.11. The van der Waals surface area contributed by atoms with Crippen molar-refractivity contribution in [1.82, 2.24) is 10.3 Å². The molecule has 0 unspecified atom stereocenters. The van der Waals surface area contributed by atoms with Gasteiger partial charge in [0, 0.05) is 11.2 Å². The summed E-state index contributed by atoms with van der Waals surface area (Å²) in [6.07, 6.45) is 2.58. The molecular formula is C15H17ClN4O. The molecule has 0 radical (unpaired) electrons. The number of halogens is 1. The van der Waals surface area contributed by atoms with Gasteiger partial charge >= 0.3 is 0 Å². The van der Waals surface area contributed by atoms with Gasteiger partial charge in [-0.05, 0) is 36.2 Å². The van der Waals surface area contributed by atoms with Crippen LogP contribution in [0.15, 0.2) is 36.5 Å². The summed E-state index contributed by atoms with van der Waals surface area (Å²) >= 11 is 5.92. The van der Waals surface area contributed by atoms with Crippen LogP contribution in [0.25, 0.3) is 0 Å². The van der Waals surface area contributed by atoms with Crippen molar-refractivity contribution in [2.75, 3.05) is 5.43 Å². The summed E-state index contributed by atoms with van der Waals surface area (Å²) in [6, 6.07) is 8.79. The van der Waals surface area contributed by atoms with Gasteiger partial charge in [-0.15, -0.1) is 0 Å². The van der Waals surface area contributed by atoms with Crippen LogP contribution in [0.5, 0.6) is 0 Å². The number of nitrogens with two attached hydrogens (primary N) is 1. The molecule has 0 bridgehead atoms. The second-order valence-electron chi connectivity index (χ2n) is 4.48. The van der Waals surface area contributed by atoms with Crippen molar-refractivity contribution in [3.05, 3.63) is 58.4 Å². The van der Waals surface area contributed by atoms with Crippen molar-refractivity contribution in [2.45, 2.75) is 19.9 Å². The number of pyridine rings is 1. The fraction of sp³-hybridized carbons (Fsp3) is 0.200. The number of anilines is 1. The zero-order valence-corrected chi connectivity index (χ0v) is 12.4. The number of hydrazine groups is 1. The number of rotatable bonds is 5. The summed E-state index contributed by atoms with van der Waals surface area (Å²) in [6.45, 7) is 2.41. The molecule has 1 aromatic heterocycles. The molecule has 1 amide bonds. The fourth-order valence-electron chi connectivity index (χ4n) is 2.04. The van der Waals surface area contributed by atoms with Crippen LogP contribution in [0, 0.1) is 0 Å². The number of carbonyl (C=O) groups is 1. The second-order valence-corrected chi connectivity index (χ2v) is 4.92. The highest BCUT2D eigenvalue weighted by molar-refractivity contribution is 6.31.